The Bertz CT molecular complexity index is 820. The van der Waals surface area contributed by atoms with Crippen LogP contribution in [0.5, 0.6) is 0 Å². The average molecular weight is 382 g/mol. The van der Waals surface area contributed by atoms with Crippen LogP contribution in [0.4, 0.5) is 11.4 Å². The van der Waals surface area contributed by atoms with Gasteiger partial charge in [-0.05, 0) is 42.0 Å². The minimum atomic E-state index is -0.196. The highest BCUT2D eigenvalue weighted by Crippen LogP contribution is 2.19. The molecular formula is C19H16BrN3O. The molecule has 2 N–H and O–H groups in total. The van der Waals surface area contributed by atoms with Crippen LogP contribution in [0.1, 0.15) is 16.1 Å². The highest BCUT2D eigenvalue weighted by Gasteiger charge is 2.08. The van der Waals surface area contributed by atoms with Crippen LogP contribution in [-0.4, -0.2) is 10.9 Å². The Labute approximate surface area is 149 Å². The van der Waals surface area contributed by atoms with Gasteiger partial charge in [0, 0.05) is 28.6 Å². The van der Waals surface area contributed by atoms with Gasteiger partial charge in [-0.15, -0.1) is 0 Å². The number of hydrogen-bond donors (Lipinski definition) is 2. The van der Waals surface area contributed by atoms with Crippen molar-refractivity contribution in [3.8, 4) is 0 Å². The summed E-state index contributed by atoms with van der Waals surface area (Å²) >= 11 is 3.41. The summed E-state index contributed by atoms with van der Waals surface area (Å²) in [5.41, 5.74) is 3.19. The van der Waals surface area contributed by atoms with Crippen molar-refractivity contribution < 1.29 is 4.79 Å². The zero-order valence-corrected chi connectivity index (χ0v) is 14.5. The van der Waals surface area contributed by atoms with Crippen LogP contribution in [0, 0.1) is 0 Å². The molecule has 0 fully saturated rings. The Kier molecular flexibility index (Phi) is 5.23. The van der Waals surface area contributed by atoms with Crippen LogP contribution in [0.3, 0.4) is 0 Å². The Balaban J connectivity index is 1.65. The summed E-state index contributed by atoms with van der Waals surface area (Å²) in [5.74, 6) is -0.196. The van der Waals surface area contributed by atoms with Crippen LogP contribution in [0.25, 0.3) is 0 Å². The summed E-state index contributed by atoms with van der Waals surface area (Å²) in [6, 6.07) is 21.2. The van der Waals surface area contributed by atoms with E-state index in [0.717, 1.165) is 21.4 Å². The maximum absolute atomic E-state index is 12.3. The molecule has 0 spiro atoms. The number of nitrogens with one attached hydrogen (secondary N) is 2. The molecule has 0 saturated carbocycles. The minimum Gasteiger partial charge on any atom is -0.355 e. The van der Waals surface area contributed by atoms with Gasteiger partial charge in [-0.1, -0.05) is 46.3 Å². The molecule has 0 aliphatic rings. The van der Waals surface area contributed by atoms with E-state index in [-0.39, 0.29) is 5.91 Å². The summed E-state index contributed by atoms with van der Waals surface area (Å²) in [6.07, 6.45) is 1.62. The molecule has 1 aromatic heterocycles. The monoisotopic (exact) mass is 381 g/mol. The summed E-state index contributed by atoms with van der Waals surface area (Å²) in [5, 5.41) is 6.14. The first kappa shape index (κ1) is 16.2. The molecule has 0 saturated heterocycles. The van der Waals surface area contributed by atoms with E-state index in [2.05, 4.69) is 31.5 Å². The van der Waals surface area contributed by atoms with Gasteiger partial charge in [0.25, 0.3) is 5.91 Å². The predicted molar refractivity (Wildman–Crippen MR) is 99.3 cm³/mol. The lowest BCUT2D eigenvalue weighted by atomic mass is 10.2. The van der Waals surface area contributed by atoms with E-state index in [9.17, 15) is 4.79 Å². The molecule has 0 aliphatic heterocycles. The number of hydrogen-bond acceptors (Lipinski definition) is 3. The number of benzene rings is 2. The zero-order chi connectivity index (χ0) is 16.8. The summed E-state index contributed by atoms with van der Waals surface area (Å²) in [7, 11) is 0. The van der Waals surface area contributed by atoms with Crippen molar-refractivity contribution in [1.82, 2.24) is 10.3 Å². The van der Waals surface area contributed by atoms with Crippen molar-refractivity contribution in [2.24, 2.45) is 0 Å². The van der Waals surface area contributed by atoms with Crippen LogP contribution >= 0.6 is 15.9 Å². The molecule has 0 radical (unpaired) electrons. The molecule has 3 aromatic rings. The number of nitrogens with zero attached hydrogens (tertiary/aromatic N) is 1. The normalized spacial score (nSPS) is 10.2. The Morgan fingerprint density at radius 2 is 1.71 bits per heavy atom. The number of halogens is 1. The second-order valence-electron chi connectivity index (χ2n) is 5.23. The van der Waals surface area contributed by atoms with Gasteiger partial charge in [0.1, 0.15) is 5.69 Å². The molecule has 1 amide bonds. The van der Waals surface area contributed by atoms with Crippen LogP contribution in [-0.2, 0) is 6.54 Å². The number of pyridine rings is 1. The van der Waals surface area contributed by atoms with E-state index >= 15 is 0 Å². The van der Waals surface area contributed by atoms with Crippen molar-refractivity contribution in [2.45, 2.75) is 6.54 Å². The molecular weight excluding hydrogens is 366 g/mol. The standard InChI is InChI=1S/C19H16BrN3O/c20-15-6-8-16(9-7-15)23-17-10-11-21-18(12-17)19(24)22-13-14-4-2-1-3-5-14/h1-12H,13H2,(H,21,23)(H,22,24). The third kappa shape index (κ3) is 4.43. The van der Waals surface area contributed by atoms with Gasteiger partial charge >= 0.3 is 0 Å². The van der Waals surface area contributed by atoms with Crippen molar-refractivity contribution in [3.05, 3.63) is 88.7 Å². The van der Waals surface area contributed by atoms with E-state index in [1.165, 1.54) is 0 Å². The van der Waals surface area contributed by atoms with Crippen LogP contribution in [0.15, 0.2) is 77.4 Å². The van der Waals surface area contributed by atoms with E-state index < -0.39 is 0 Å². The number of rotatable bonds is 5. The first-order valence-corrected chi connectivity index (χ1v) is 8.31. The quantitative estimate of drug-likeness (QED) is 0.682. The number of amides is 1. The molecule has 3 rings (SSSR count). The third-order valence-electron chi connectivity index (χ3n) is 3.42. The highest BCUT2D eigenvalue weighted by molar-refractivity contribution is 9.10. The molecule has 0 bridgehead atoms. The van der Waals surface area contributed by atoms with E-state index in [1.54, 1.807) is 12.3 Å². The smallest absolute Gasteiger partial charge is 0.270 e. The summed E-state index contributed by atoms with van der Waals surface area (Å²) in [4.78, 5) is 16.4. The van der Waals surface area contributed by atoms with E-state index in [4.69, 9.17) is 0 Å². The number of carbonyl (C=O) groups excluding carboxylic acids is 1. The SMILES string of the molecule is O=C(NCc1ccccc1)c1cc(Nc2ccc(Br)cc2)ccn1. The maximum atomic E-state index is 12.3. The maximum Gasteiger partial charge on any atom is 0.270 e. The lowest BCUT2D eigenvalue weighted by molar-refractivity contribution is 0.0946. The molecule has 4 nitrogen and oxygen atoms in total. The molecule has 0 unspecified atom stereocenters. The molecule has 24 heavy (non-hydrogen) atoms. The number of anilines is 2. The fourth-order valence-electron chi connectivity index (χ4n) is 2.20. The second kappa shape index (κ2) is 7.75. The van der Waals surface area contributed by atoms with Crippen LogP contribution < -0.4 is 10.6 Å². The Hall–Kier alpha value is -2.66. The van der Waals surface area contributed by atoms with E-state index in [1.807, 2.05) is 60.7 Å². The van der Waals surface area contributed by atoms with Gasteiger partial charge in [-0.25, -0.2) is 0 Å². The molecule has 1 heterocycles. The lowest BCUT2D eigenvalue weighted by Crippen LogP contribution is -2.23. The zero-order valence-electron chi connectivity index (χ0n) is 12.9. The minimum absolute atomic E-state index is 0.196. The molecule has 2 aromatic carbocycles. The van der Waals surface area contributed by atoms with Crippen molar-refractivity contribution >= 4 is 33.2 Å². The molecule has 0 aliphatic carbocycles. The third-order valence-corrected chi connectivity index (χ3v) is 3.95. The molecule has 0 atom stereocenters. The Morgan fingerprint density at radius 1 is 0.958 bits per heavy atom. The fraction of sp³-hybridized carbons (Fsp3) is 0.0526. The van der Waals surface area contributed by atoms with Gasteiger partial charge in [0.2, 0.25) is 0 Å². The van der Waals surface area contributed by atoms with Gasteiger partial charge in [-0.3, -0.25) is 9.78 Å². The van der Waals surface area contributed by atoms with Crippen molar-refractivity contribution in [1.29, 1.82) is 0 Å². The lowest BCUT2D eigenvalue weighted by Gasteiger charge is -2.09. The summed E-state index contributed by atoms with van der Waals surface area (Å²) < 4.78 is 1.02. The summed E-state index contributed by atoms with van der Waals surface area (Å²) in [6.45, 7) is 0.478. The largest absolute Gasteiger partial charge is 0.355 e. The average Bonchev–Trinajstić information content (AvgIpc) is 2.63. The van der Waals surface area contributed by atoms with Crippen LogP contribution in [0.2, 0.25) is 0 Å². The molecule has 5 heteroatoms. The van der Waals surface area contributed by atoms with Gasteiger partial charge in [-0.2, -0.15) is 0 Å². The van der Waals surface area contributed by atoms with E-state index in [0.29, 0.717) is 12.2 Å². The van der Waals surface area contributed by atoms with Gasteiger partial charge in [0.05, 0.1) is 0 Å². The van der Waals surface area contributed by atoms with Gasteiger partial charge < -0.3 is 10.6 Å². The van der Waals surface area contributed by atoms with Crippen molar-refractivity contribution in [2.75, 3.05) is 5.32 Å². The predicted octanol–water partition coefficient (Wildman–Crippen LogP) is 4.52. The highest BCUT2D eigenvalue weighted by atomic mass is 79.9. The van der Waals surface area contributed by atoms with Gasteiger partial charge in [0.15, 0.2) is 0 Å². The topological polar surface area (TPSA) is 54.0 Å². The fourth-order valence-corrected chi connectivity index (χ4v) is 2.47. The first-order valence-electron chi connectivity index (χ1n) is 7.51. The number of aromatic nitrogens is 1. The number of carbonyl (C=O) groups is 1. The molecule has 120 valence electrons. The van der Waals surface area contributed by atoms with Crippen molar-refractivity contribution in [3.63, 3.8) is 0 Å². The second-order valence-corrected chi connectivity index (χ2v) is 6.15. The first-order chi connectivity index (χ1) is 11.7. The Morgan fingerprint density at radius 3 is 2.46 bits per heavy atom.